The lowest BCUT2D eigenvalue weighted by atomic mass is 10.1. The first-order valence-corrected chi connectivity index (χ1v) is 10.9. The van der Waals surface area contributed by atoms with Gasteiger partial charge in [-0.15, -0.1) is 0 Å². The average molecular weight is 471 g/mol. The van der Waals surface area contributed by atoms with Crippen molar-refractivity contribution < 1.29 is 13.9 Å². The summed E-state index contributed by atoms with van der Waals surface area (Å²) >= 11 is 0. The van der Waals surface area contributed by atoms with E-state index in [2.05, 4.69) is 25.3 Å². The minimum Gasteiger partial charge on any atom is -0.493 e. The molecule has 1 aliphatic heterocycles. The zero-order valence-corrected chi connectivity index (χ0v) is 18.4. The highest BCUT2D eigenvalue weighted by Gasteiger charge is 2.24. The molecule has 0 saturated carbocycles. The highest BCUT2D eigenvalue weighted by Crippen LogP contribution is 2.31. The van der Waals surface area contributed by atoms with E-state index in [0.717, 1.165) is 0 Å². The van der Waals surface area contributed by atoms with Crippen LogP contribution in [0.4, 0.5) is 4.39 Å². The molecule has 0 spiro atoms. The fraction of sp³-hybridized carbons (Fsp3) is 0.125. The Morgan fingerprint density at radius 3 is 2.91 bits per heavy atom. The van der Waals surface area contributed by atoms with Gasteiger partial charge in [-0.25, -0.2) is 23.7 Å². The van der Waals surface area contributed by atoms with Gasteiger partial charge >= 0.3 is 5.69 Å². The lowest BCUT2D eigenvalue weighted by Crippen LogP contribution is -2.21. The second-order valence-electron chi connectivity index (χ2n) is 7.89. The maximum Gasteiger partial charge on any atom is 0.332 e. The Morgan fingerprint density at radius 2 is 2.06 bits per heavy atom. The first kappa shape index (κ1) is 20.8. The zero-order valence-electron chi connectivity index (χ0n) is 18.4. The molecule has 10 nitrogen and oxygen atoms in total. The quantitative estimate of drug-likeness (QED) is 0.418. The molecular weight excluding hydrogens is 453 g/mol. The third kappa shape index (κ3) is 3.28. The van der Waals surface area contributed by atoms with E-state index in [4.69, 9.17) is 4.74 Å². The number of nitrogens with zero attached hydrogens (tertiary/aromatic N) is 5. The van der Waals surface area contributed by atoms with Crippen LogP contribution < -0.4 is 15.7 Å². The first-order chi connectivity index (χ1) is 17.0. The summed E-state index contributed by atoms with van der Waals surface area (Å²) in [6.45, 7) is 0.452. The van der Waals surface area contributed by atoms with Gasteiger partial charge in [0.15, 0.2) is 11.3 Å². The van der Waals surface area contributed by atoms with E-state index in [-0.39, 0.29) is 22.8 Å². The Kier molecular flexibility index (Phi) is 4.69. The van der Waals surface area contributed by atoms with E-state index in [9.17, 15) is 14.0 Å². The van der Waals surface area contributed by atoms with Gasteiger partial charge in [-0.1, -0.05) is 18.2 Å². The van der Waals surface area contributed by atoms with Gasteiger partial charge in [0.05, 0.1) is 23.3 Å². The molecule has 0 saturated heterocycles. The number of para-hydroxylation sites is 1. The number of amides is 1. The molecule has 0 bridgehead atoms. The molecule has 0 radical (unpaired) electrons. The number of aromatic amines is 1. The first-order valence-electron chi connectivity index (χ1n) is 10.9. The number of imidazole rings is 2. The summed E-state index contributed by atoms with van der Waals surface area (Å²) in [5.74, 6) is -0.267. The maximum absolute atomic E-state index is 14.0. The van der Waals surface area contributed by atoms with Gasteiger partial charge in [0, 0.05) is 25.1 Å². The van der Waals surface area contributed by atoms with Crippen molar-refractivity contribution in [1.29, 1.82) is 0 Å². The number of carbonyl (C=O) groups is 1. The predicted molar refractivity (Wildman–Crippen MR) is 126 cm³/mol. The lowest BCUT2D eigenvalue weighted by Gasteiger charge is -2.12. The SMILES string of the molecule is CNC(=O)c1nc(-n2cnc3ccc(F)cc32)nc2c1[nH]c(=O)n2C1=CCCOc2ccccc21. The minimum absolute atomic E-state index is 0.0274. The minimum atomic E-state index is -0.513. The second-order valence-corrected chi connectivity index (χ2v) is 7.89. The van der Waals surface area contributed by atoms with Crippen LogP contribution in [0.15, 0.2) is 59.7 Å². The number of fused-ring (bicyclic) bond motifs is 3. The van der Waals surface area contributed by atoms with E-state index in [1.165, 1.54) is 34.6 Å². The van der Waals surface area contributed by atoms with Crippen molar-refractivity contribution in [3.8, 4) is 11.7 Å². The van der Waals surface area contributed by atoms with Gasteiger partial charge in [0.25, 0.3) is 5.91 Å². The van der Waals surface area contributed by atoms with Gasteiger partial charge in [-0.3, -0.25) is 9.36 Å². The van der Waals surface area contributed by atoms with Gasteiger partial charge in [-0.2, -0.15) is 4.98 Å². The monoisotopic (exact) mass is 471 g/mol. The smallest absolute Gasteiger partial charge is 0.332 e. The van der Waals surface area contributed by atoms with Crippen molar-refractivity contribution in [3.05, 3.63) is 82.4 Å². The number of H-pyrrole nitrogens is 1. The molecule has 1 aliphatic rings. The van der Waals surface area contributed by atoms with Crippen molar-refractivity contribution >= 4 is 33.8 Å². The maximum atomic E-state index is 14.0. The van der Waals surface area contributed by atoms with Gasteiger partial charge in [0.1, 0.15) is 23.4 Å². The summed E-state index contributed by atoms with van der Waals surface area (Å²) < 4.78 is 22.7. The molecule has 0 fully saturated rings. The number of ether oxygens (including phenoxy) is 1. The van der Waals surface area contributed by atoms with E-state index in [1.54, 1.807) is 6.07 Å². The molecule has 174 valence electrons. The molecule has 35 heavy (non-hydrogen) atoms. The highest BCUT2D eigenvalue weighted by molar-refractivity contribution is 6.03. The van der Waals surface area contributed by atoms with E-state index in [0.29, 0.717) is 41.1 Å². The van der Waals surface area contributed by atoms with E-state index in [1.807, 2.05) is 30.3 Å². The molecule has 3 aromatic heterocycles. The fourth-order valence-electron chi connectivity index (χ4n) is 4.22. The Balaban J connectivity index is 1.67. The van der Waals surface area contributed by atoms with Crippen molar-refractivity contribution in [2.45, 2.75) is 6.42 Å². The molecule has 6 rings (SSSR count). The average Bonchev–Trinajstić information content (AvgIpc) is 3.35. The molecular formula is C24H18FN7O3. The molecule has 0 aliphatic carbocycles. The van der Waals surface area contributed by atoms with Crippen molar-refractivity contribution in [3.63, 3.8) is 0 Å². The molecule has 0 atom stereocenters. The summed E-state index contributed by atoms with van der Waals surface area (Å²) in [5.41, 5.74) is 2.09. The van der Waals surface area contributed by atoms with Crippen LogP contribution in [-0.2, 0) is 0 Å². The normalized spacial score (nSPS) is 13.3. The molecule has 4 heterocycles. The molecule has 2 aromatic carbocycles. The van der Waals surface area contributed by atoms with Gasteiger partial charge in [-0.05, 0) is 24.3 Å². The topological polar surface area (TPSA) is 120 Å². The molecule has 1 amide bonds. The molecule has 2 N–H and O–H groups in total. The molecule has 0 unspecified atom stereocenters. The lowest BCUT2D eigenvalue weighted by molar-refractivity contribution is 0.0959. The van der Waals surface area contributed by atoms with Gasteiger partial charge in [0.2, 0.25) is 5.95 Å². The van der Waals surface area contributed by atoms with Crippen LogP contribution in [-0.4, -0.2) is 48.6 Å². The fourth-order valence-corrected chi connectivity index (χ4v) is 4.22. The Bertz CT molecular complexity index is 1730. The van der Waals surface area contributed by atoms with Crippen LogP contribution in [0.2, 0.25) is 0 Å². The Morgan fingerprint density at radius 1 is 1.20 bits per heavy atom. The van der Waals surface area contributed by atoms with Gasteiger partial charge < -0.3 is 15.0 Å². The number of aromatic nitrogens is 6. The third-order valence-electron chi connectivity index (χ3n) is 5.81. The zero-order chi connectivity index (χ0) is 24.1. The third-order valence-corrected chi connectivity index (χ3v) is 5.81. The summed E-state index contributed by atoms with van der Waals surface area (Å²) in [7, 11) is 1.47. The molecule has 5 aromatic rings. The van der Waals surface area contributed by atoms with E-state index < -0.39 is 17.4 Å². The number of hydrogen-bond acceptors (Lipinski definition) is 6. The van der Waals surface area contributed by atoms with Crippen molar-refractivity contribution in [2.75, 3.05) is 13.7 Å². The Labute approximate surface area is 196 Å². The predicted octanol–water partition coefficient (Wildman–Crippen LogP) is 2.63. The number of hydrogen-bond donors (Lipinski definition) is 2. The number of rotatable bonds is 3. The number of nitrogens with one attached hydrogen (secondary N) is 2. The van der Waals surface area contributed by atoms with Crippen LogP contribution in [0.1, 0.15) is 22.5 Å². The van der Waals surface area contributed by atoms with E-state index >= 15 is 0 Å². The van der Waals surface area contributed by atoms with Crippen LogP contribution in [0, 0.1) is 5.82 Å². The van der Waals surface area contributed by atoms with Crippen LogP contribution in [0.3, 0.4) is 0 Å². The molecule has 11 heteroatoms. The summed E-state index contributed by atoms with van der Waals surface area (Å²) in [6.07, 6.45) is 3.90. The number of halogens is 1. The highest BCUT2D eigenvalue weighted by atomic mass is 19.1. The van der Waals surface area contributed by atoms with Crippen LogP contribution >= 0.6 is 0 Å². The van der Waals surface area contributed by atoms with Crippen LogP contribution in [0.5, 0.6) is 5.75 Å². The summed E-state index contributed by atoms with van der Waals surface area (Å²) in [6, 6.07) is 11.5. The number of carbonyl (C=O) groups excluding carboxylic acids is 1. The summed E-state index contributed by atoms with van der Waals surface area (Å²) in [5, 5.41) is 2.55. The largest absolute Gasteiger partial charge is 0.493 e. The summed E-state index contributed by atoms with van der Waals surface area (Å²) in [4.78, 5) is 42.1. The van der Waals surface area contributed by atoms with Crippen LogP contribution in [0.25, 0.3) is 33.8 Å². The second kappa shape index (κ2) is 7.90. The number of benzene rings is 2. The van der Waals surface area contributed by atoms with Crippen molar-refractivity contribution in [2.24, 2.45) is 0 Å². The van der Waals surface area contributed by atoms with Crippen molar-refractivity contribution in [1.82, 2.24) is 34.4 Å². The standard InChI is InChI=1S/C24H18FN7O3/c1-26-22(33)20-19-21(30-23(28-20)31-12-27-15-9-8-13(25)11-17(15)31)32(24(34)29-19)16-6-4-10-35-18-7-3-2-5-14(16)18/h2-3,5-9,11-12H,4,10H2,1H3,(H,26,33)(H,29,34). The Hall–Kier alpha value is -4.80.